The van der Waals surface area contributed by atoms with E-state index in [1.54, 1.807) is 32.0 Å². The van der Waals surface area contributed by atoms with Crippen LogP contribution in [0, 0.1) is 12.7 Å². The number of carbonyl (C=O) groups is 1. The Morgan fingerprint density at radius 1 is 1.43 bits per heavy atom. The number of rotatable bonds is 8. The van der Waals surface area contributed by atoms with Crippen molar-refractivity contribution in [3.63, 3.8) is 0 Å². The molecule has 0 aliphatic carbocycles. The predicted octanol–water partition coefficient (Wildman–Crippen LogP) is 2.83. The molecular weight excluding hydrogens is 273 g/mol. The lowest BCUT2D eigenvalue weighted by Crippen LogP contribution is -2.51. The first kappa shape index (κ1) is 17.4. The number of aryl methyl sites for hydroxylation is 1. The van der Waals surface area contributed by atoms with Gasteiger partial charge in [-0.2, -0.15) is 0 Å². The Hall–Kier alpha value is -1.62. The molecule has 0 amide bonds. The van der Waals surface area contributed by atoms with Crippen LogP contribution in [-0.4, -0.2) is 31.8 Å². The van der Waals surface area contributed by atoms with E-state index in [-0.39, 0.29) is 24.1 Å². The van der Waals surface area contributed by atoms with E-state index in [1.807, 2.05) is 6.92 Å². The van der Waals surface area contributed by atoms with Crippen molar-refractivity contribution in [3.05, 3.63) is 29.6 Å². The van der Waals surface area contributed by atoms with Gasteiger partial charge in [0.25, 0.3) is 0 Å². The summed E-state index contributed by atoms with van der Waals surface area (Å²) in [6, 6.07) is 5.00. The van der Waals surface area contributed by atoms with Crippen molar-refractivity contribution >= 4 is 5.97 Å². The van der Waals surface area contributed by atoms with E-state index in [4.69, 9.17) is 9.47 Å². The highest BCUT2D eigenvalue weighted by Crippen LogP contribution is 2.21. The summed E-state index contributed by atoms with van der Waals surface area (Å²) in [6.45, 7) is 6.39. The molecule has 118 valence electrons. The van der Waals surface area contributed by atoms with Gasteiger partial charge in [-0.1, -0.05) is 19.1 Å². The van der Waals surface area contributed by atoms with Crippen molar-refractivity contribution in [1.82, 2.24) is 5.32 Å². The van der Waals surface area contributed by atoms with Gasteiger partial charge in [-0.25, -0.2) is 4.39 Å². The van der Waals surface area contributed by atoms with Crippen LogP contribution in [0.5, 0.6) is 5.75 Å². The van der Waals surface area contributed by atoms with Crippen molar-refractivity contribution in [2.45, 2.75) is 39.2 Å². The maximum absolute atomic E-state index is 13.8. The number of benzene rings is 1. The first-order chi connectivity index (χ1) is 9.94. The second-order valence-electron chi connectivity index (χ2n) is 5.24. The molecule has 1 atom stereocenters. The van der Waals surface area contributed by atoms with Crippen molar-refractivity contribution in [2.75, 3.05) is 20.3 Å². The number of carbonyl (C=O) groups excluding carboxylic acids is 1. The lowest BCUT2D eigenvalue weighted by Gasteiger charge is -2.28. The molecule has 1 rings (SSSR count). The lowest BCUT2D eigenvalue weighted by molar-refractivity contribution is -0.148. The zero-order valence-electron chi connectivity index (χ0n) is 13.2. The van der Waals surface area contributed by atoms with E-state index in [2.05, 4.69) is 5.32 Å². The van der Waals surface area contributed by atoms with E-state index >= 15 is 0 Å². The molecule has 1 unspecified atom stereocenters. The highest BCUT2D eigenvalue weighted by Gasteiger charge is 2.33. The van der Waals surface area contributed by atoms with Crippen LogP contribution in [0.2, 0.25) is 0 Å². The molecular formula is C16H24FNO3. The van der Waals surface area contributed by atoms with E-state index in [0.29, 0.717) is 18.5 Å². The van der Waals surface area contributed by atoms with Crippen LogP contribution in [-0.2, 0) is 9.53 Å². The van der Waals surface area contributed by atoms with Crippen LogP contribution in [0.15, 0.2) is 18.2 Å². The Bertz CT molecular complexity index is 479. The number of hydrogen-bond donors (Lipinski definition) is 1. The average Bonchev–Trinajstić information content (AvgIpc) is 2.48. The molecule has 0 fully saturated rings. The van der Waals surface area contributed by atoms with Crippen LogP contribution >= 0.6 is 0 Å². The zero-order chi connectivity index (χ0) is 15.9. The second kappa shape index (κ2) is 7.98. The highest BCUT2D eigenvalue weighted by molar-refractivity contribution is 5.80. The first-order valence-electron chi connectivity index (χ1n) is 7.16. The predicted molar refractivity (Wildman–Crippen MR) is 80.0 cm³/mol. The number of esters is 1. The SMILES string of the molecule is CCCNC(C)(CCOc1cccc(C)c1F)C(=O)OC. The smallest absolute Gasteiger partial charge is 0.325 e. The molecule has 0 aromatic heterocycles. The molecule has 0 radical (unpaired) electrons. The average molecular weight is 297 g/mol. The summed E-state index contributed by atoms with van der Waals surface area (Å²) in [5.74, 6) is -0.499. The Balaban J connectivity index is 2.65. The van der Waals surface area contributed by atoms with Crippen LogP contribution < -0.4 is 10.1 Å². The van der Waals surface area contributed by atoms with Gasteiger partial charge in [0, 0.05) is 6.42 Å². The van der Waals surface area contributed by atoms with E-state index in [9.17, 15) is 9.18 Å². The second-order valence-corrected chi connectivity index (χ2v) is 5.24. The van der Waals surface area contributed by atoms with Crippen molar-refractivity contribution in [1.29, 1.82) is 0 Å². The Morgan fingerprint density at radius 2 is 2.14 bits per heavy atom. The summed E-state index contributed by atoms with van der Waals surface area (Å²) >= 11 is 0. The van der Waals surface area contributed by atoms with Crippen molar-refractivity contribution in [3.8, 4) is 5.75 Å². The van der Waals surface area contributed by atoms with Crippen LogP contribution in [0.1, 0.15) is 32.3 Å². The van der Waals surface area contributed by atoms with E-state index < -0.39 is 5.54 Å². The molecule has 4 nitrogen and oxygen atoms in total. The van der Waals surface area contributed by atoms with Crippen molar-refractivity contribution < 1.29 is 18.7 Å². The monoisotopic (exact) mass is 297 g/mol. The summed E-state index contributed by atoms with van der Waals surface area (Å²) in [4.78, 5) is 11.9. The third kappa shape index (κ3) is 4.70. The third-order valence-electron chi connectivity index (χ3n) is 3.42. The van der Waals surface area contributed by atoms with Gasteiger partial charge in [0.2, 0.25) is 0 Å². The van der Waals surface area contributed by atoms with Gasteiger partial charge in [0.15, 0.2) is 11.6 Å². The lowest BCUT2D eigenvalue weighted by atomic mass is 9.98. The molecule has 0 spiro atoms. The minimum atomic E-state index is -0.828. The van der Waals surface area contributed by atoms with Crippen molar-refractivity contribution in [2.24, 2.45) is 0 Å². The Kier molecular flexibility index (Phi) is 6.62. The quantitative estimate of drug-likeness (QED) is 0.750. The fourth-order valence-corrected chi connectivity index (χ4v) is 1.99. The number of methoxy groups -OCH3 is 1. The normalized spacial score (nSPS) is 13.6. The molecule has 0 saturated carbocycles. The van der Waals surface area contributed by atoms with Gasteiger partial charge < -0.3 is 14.8 Å². The highest BCUT2D eigenvalue weighted by atomic mass is 19.1. The summed E-state index contributed by atoms with van der Waals surface area (Å²) in [5, 5.41) is 3.16. The number of ether oxygens (including phenoxy) is 2. The van der Waals surface area contributed by atoms with Crippen LogP contribution in [0.25, 0.3) is 0 Å². The van der Waals surface area contributed by atoms with E-state index in [1.165, 1.54) is 7.11 Å². The first-order valence-corrected chi connectivity index (χ1v) is 7.16. The summed E-state index contributed by atoms with van der Waals surface area (Å²) in [6.07, 6.45) is 1.30. The molecule has 0 heterocycles. The molecule has 1 aromatic carbocycles. The number of hydrogen-bond acceptors (Lipinski definition) is 4. The summed E-state index contributed by atoms with van der Waals surface area (Å²) < 4.78 is 24.1. The maximum atomic E-state index is 13.8. The zero-order valence-corrected chi connectivity index (χ0v) is 13.2. The fourth-order valence-electron chi connectivity index (χ4n) is 1.99. The molecule has 1 aromatic rings. The molecule has 0 saturated heterocycles. The molecule has 5 heteroatoms. The van der Waals surface area contributed by atoms with Gasteiger partial charge in [-0.15, -0.1) is 0 Å². The van der Waals surface area contributed by atoms with Crippen LogP contribution in [0.3, 0.4) is 0 Å². The molecule has 0 aliphatic rings. The molecule has 1 N–H and O–H groups in total. The Labute approximate surface area is 125 Å². The molecule has 21 heavy (non-hydrogen) atoms. The topological polar surface area (TPSA) is 47.6 Å². The fraction of sp³-hybridized carbons (Fsp3) is 0.562. The van der Waals surface area contributed by atoms with Gasteiger partial charge in [-0.3, -0.25) is 4.79 Å². The standard InChI is InChI=1S/C16H24FNO3/c1-5-10-18-16(3,15(19)20-4)9-11-21-13-8-6-7-12(2)14(13)17/h6-8,18H,5,9-11H2,1-4H3. The minimum Gasteiger partial charge on any atom is -0.490 e. The number of nitrogens with one attached hydrogen (secondary N) is 1. The molecule has 0 aliphatic heterocycles. The van der Waals surface area contributed by atoms with Gasteiger partial charge >= 0.3 is 5.97 Å². The maximum Gasteiger partial charge on any atom is 0.325 e. The third-order valence-corrected chi connectivity index (χ3v) is 3.42. The largest absolute Gasteiger partial charge is 0.490 e. The van der Waals surface area contributed by atoms with E-state index in [0.717, 1.165) is 6.42 Å². The number of halogens is 1. The minimum absolute atomic E-state index is 0.206. The van der Waals surface area contributed by atoms with Crippen LogP contribution in [0.4, 0.5) is 4.39 Å². The molecule has 0 bridgehead atoms. The summed E-state index contributed by atoms with van der Waals surface area (Å²) in [5.41, 5.74) is -0.294. The Morgan fingerprint density at radius 3 is 2.76 bits per heavy atom. The van der Waals surface area contributed by atoms with Gasteiger partial charge in [-0.05, 0) is 38.4 Å². The van der Waals surface area contributed by atoms with Gasteiger partial charge in [0.1, 0.15) is 5.54 Å². The van der Waals surface area contributed by atoms with Gasteiger partial charge in [0.05, 0.1) is 13.7 Å². The summed E-state index contributed by atoms with van der Waals surface area (Å²) in [7, 11) is 1.36.